The molecule has 0 heterocycles. The molecular formula is C13H20Cl2IN3O2. The Hall–Kier alpha value is -0.440. The highest BCUT2D eigenvalue weighted by Gasteiger charge is 2.05. The molecule has 0 bridgehead atoms. The van der Waals surface area contributed by atoms with Crippen LogP contribution in [0.5, 0.6) is 5.75 Å². The Balaban J connectivity index is 0.00000400. The standard InChI is InChI=1S/C13H19Cl2N3O2.HI/c1-16-13(17-6-8-19-2)18-7-9-20-11-5-3-4-10(14)12(11)15;/h3-5H,6-9H2,1-2H3,(H2,16,17,18);1H. The van der Waals surface area contributed by atoms with E-state index < -0.39 is 0 Å². The Labute approximate surface area is 152 Å². The number of methoxy groups -OCH3 is 1. The third-order valence-electron chi connectivity index (χ3n) is 2.39. The maximum atomic E-state index is 6.02. The van der Waals surface area contributed by atoms with Crippen LogP contribution in [-0.4, -0.2) is 46.4 Å². The van der Waals surface area contributed by atoms with Gasteiger partial charge in [0.25, 0.3) is 0 Å². The van der Waals surface area contributed by atoms with Crippen LogP contribution in [0.25, 0.3) is 0 Å². The first-order valence-corrected chi connectivity index (χ1v) is 6.95. The number of nitrogens with zero attached hydrogens (tertiary/aromatic N) is 1. The van der Waals surface area contributed by atoms with Crippen molar-refractivity contribution in [3.05, 3.63) is 28.2 Å². The van der Waals surface area contributed by atoms with E-state index in [1.807, 2.05) is 0 Å². The van der Waals surface area contributed by atoms with Crippen molar-refractivity contribution < 1.29 is 9.47 Å². The van der Waals surface area contributed by atoms with E-state index in [-0.39, 0.29) is 24.0 Å². The summed E-state index contributed by atoms with van der Waals surface area (Å²) in [6, 6.07) is 5.29. The van der Waals surface area contributed by atoms with Crippen molar-refractivity contribution in [1.82, 2.24) is 10.6 Å². The molecule has 0 unspecified atom stereocenters. The SMILES string of the molecule is CN=C(NCCOC)NCCOc1cccc(Cl)c1Cl.I. The zero-order valence-electron chi connectivity index (χ0n) is 12.0. The first kappa shape index (κ1) is 20.6. The van der Waals surface area contributed by atoms with Crippen molar-refractivity contribution in [1.29, 1.82) is 0 Å². The molecule has 8 heteroatoms. The van der Waals surface area contributed by atoms with Gasteiger partial charge in [0.2, 0.25) is 0 Å². The van der Waals surface area contributed by atoms with E-state index in [1.165, 1.54) is 0 Å². The molecule has 120 valence electrons. The second-order valence-corrected chi connectivity index (χ2v) is 4.60. The van der Waals surface area contributed by atoms with Crippen molar-refractivity contribution in [3.8, 4) is 5.75 Å². The van der Waals surface area contributed by atoms with E-state index in [0.717, 1.165) is 0 Å². The van der Waals surface area contributed by atoms with Crippen LogP contribution in [-0.2, 0) is 4.74 Å². The van der Waals surface area contributed by atoms with Crippen molar-refractivity contribution in [2.45, 2.75) is 0 Å². The lowest BCUT2D eigenvalue weighted by Gasteiger charge is -2.13. The van der Waals surface area contributed by atoms with Gasteiger partial charge in [-0.2, -0.15) is 0 Å². The lowest BCUT2D eigenvalue weighted by atomic mass is 10.3. The van der Waals surface area contributed by atoms with Gasteiger partial charge in [0.15, 0.2) is 5.96 Å². The van der Waals surface area contributed by atoms with Crippen LogP contribution in [0.3, 0.4) is 0 Å². The Bertz CT molecular complexity index is 447. The Morgan fingerprint density at radius 1 is 1.19 bits per heavy atom. The third kappa shape index (κ3) is 7.94. The molecule has 0 spiro atoms. The van der Waals surface area contributed by atoms with Gasteiger partial charge in [0.1, 0.15) is 17.4 Å². The summed E-state index contributed by atoms with van der Waals surface area (Å²) in [6.07, 6.45) is 0. The van der Waals surface area contributed by atoms with Crippen molar-refractivity contribution >= 4 is 53.1 Å². The molecule has 0 fully saturated rings. The number of aliphatic imine (C=N–C) groups is 1. The minimum atomic E-state index is 0. The number of halogens is 3. The minimum Gasteiger partial charge on any atom is -0.490 e. The van der Waals surface area contributed by atoms with E-state index in [9.17, 15) is 0 Å². The summed E-state index contributed by atoms with van der Waals surface area (Å²) in [6.45, 7) is 2.35. The molecule has 0 saturated heterocycles. The van der Waals surface area contributed by atoms with Crippen LogP contribution < -0.4 is 15.4 Å². The summed E-state index contributed by atoms with van der Waals surface area (Å²) in [5, 5.41) is 7.12. The number of hydrogen-bond donors (Lipinski definition) is 2. The van der Waals surface area contributed by atoms with Gasteiger partial charge < -0.3 is 20.1 Å². The number of ether oxygens (including phenoxy) is 2. The Morgan fingerprint density at radius 3 is 2.48 bits per heavy atom. The Kier molecular flexibility index (Phi) is 11.9. The zero-order valence-corrected chi connectivity index (χ0v) is 15.8. The van der Waals surface area contributed by atoms with Gasteiger partial charge in [-0.3, -0.25) is 4.99 Å². The summed E-state index contributed by atoms with van der Waals surface area (Å²) < 4.78 is 10.5. The van der Waals surface area contributed by atoms with Gasteiger partial charge >= 0.3 is 0 Å². The topological polar surface area (TPSA) is 54.9 Å². The summed E-state index contributed by atoms with van der Waals surface area (Å²) in [4.78, 5) is 4.07. The van der Waals surface area contributed by atoms with Gasteiger partial charge in [0.05, 0.1) is 18.2 Å². The molecule has 1 aromatic rings. The number of rotatable bonds is 7. The minimum absolute atomic E-state index is 0. The van der Waals surface area contributed by atoms with Gasteiger partial charge in [-0.1, -0.05) is 29.3 Å². The largest absolute Gasteiger partial charge is 0.490 e. The highest BCUT2D eigenvalue weighted by molar-refractivity contribution is 14.0. The van der Waals surface area contributed by atoms with E-state index >= 15 is 0 Å². The second kappa shape index (κ2) is 12.1. The fraction of sp³-hybridized carbons (Fsp3) is 0.462. The molecule has 0 atom stereocenters. The molecule has 0 aliphatic carbocycles. The third-order valence-corrected chi connectivity index (χ3v) is 3.19. The zero-order chi connectivity index (χ0) is 14.8. The predicted molar refractivity (Wildman–Crippen MR) is 98.6 cm³/mol. The Morgan fingerprint density at radius 2 is 1.86 bits per heavy atom. The summed E-state index contributed by atoms with van der Waals surface area (Å²) in [5.41, 5.74) is 0. The summed E-state index contributed by atoms with van der Waals surface area (Å²) in [7, 11) is 3.36. The van der Waals surface area contributed by atoms with Crippen LogP contribution in [0, 0.1) is 0 Å². The fourth-order valence-corrected chi connectivity index (χ4v) is 1.76. The van der Waals surface area contributed by atoms with E-state index in [1.54, 1.807) is 32.4 Å². The van der Waals surface area contributed by atoms with E-state index in [0.29, 0.717) is 48.1 Å². The maximum Gasteiger partial charge on any atom is 0.191 e. The second-order valence-electron chi connectivity index (χ2n) is 3.82. The molecular weight excluding hydrogens is 428 g/mol. The maximum absolute atomic E-state index is 6.02. The fourth-order valence-electron chi connectivity index (χ4n) is 1.42. The van der Waals surface area contributed by atoms with Gasteiger partial charge in [-0.15, -0.1) is 24.0 Å². The number of hydrogen-bond acceptors (Lipinski definition) is 3. The van der Waals surface area contributed by atoms with Crippen molar-refractivity contribution in [2.24, 2.45) is 4.99 Å². The summed E-state index contributed by atoms with van der Waals surface area (Å²) >= 11 is 11.9. The van der Waals surface area contributed by atoms with Crippen LogP contribution in [0.1, 0.15) is 0 Å². The molecule has 1 aromatic carbocycles. The average molecular weight is 448 g/mol. The highest BCUT2D eigenvalue weighted by Crippen LogP contribution is 2.31. The van der Waals surface area contributed by atoms with E-state index in [2.05, 4.69) is 15.6 Å². The predicted octanol–water partition coefficient (Wildman–Crippen LogP) is 2.80. The normalized spacial score (nSPS) is 10.8. The van der Waals surface area contributed by atoms with E-state index in [4.69, 9.17) is 32.7 Å². The quantitative estimate of drug-likeness (QED) is 0.292. The van der Waals surface area contributed by atoms with Crippen LogP contribution in [0.2, 0.25) is 10.0 Å². The van der Waals surface area contributed by atoms with Gasteiger partial charge in [-0.25, -0.2) is 0 Å². The number of guanidine groups is 1. The van der Waals surface area contributed by atoms with Gasteiger partial charge in [0, 0.05) is 20.7 Å². The smallest absolute Gasteiger partial charge is 0.191 e. The lowest BCUT2D eigenvalue weighted by Crippen LogP contribution is -2.40. The molecule has 0 saturated carbocycles. The molecule has 5 nitrogen and oxygen atoms in total. The molecule has 0 amide bonds. The number of nitrogens with one attached hydrogen (secondary N) is 2. The first-order chi connectivity index (χ1) is 9.69. The van der Waals surface area contributed by atoms with Crippen LogP contribution in [0.4, 0.5) is 0 Å². The van der Waals surface area contributed by atoms with Crippen LogP contribution in [0.15, 0.2) is 23.2 Å². The van der Waals surface area contributed by atoms with Crippen molar-refractivity contribution in [2.75, 3.05) is 40.5 Å². The monoisotopic (exact) mass is 447 g/mol. The molecule has 0 aromatic heterocycles. The van der Waals surface area contributed by atoms with Gasteiger partial charge in [-0.05, 0) is 12.1 Å². The molecule has 2 N–H and O–H groups in total. The number of benzene rings is 1. The molecule has 0 aliphatic heterocycles. The van der Waals surface area contributed by atoms with Crippen LogP contribution >= 0.6 is 47.2 Å². The summed E-state index contributed by atoms with van der Waals surface area (Å²) in [5.74, 6) is 1.27. The first-order valence-electron chi connectivity index (χ1n) is 6.19. The molecule has 1 rings (SSSR count). The highest BCUT2D eigenvalue weighted by atomic mass is 127. The molecule has 21 heavy (non-hydrogen) atoms. The lowest BCUT2D eigenvalue weighted by molar-refractivity contribution is 0.203. The molecule has 0 radical (unpaired) electrons. The molecule has 0 aliphatic rings. The average Bonchev–Trinajstić information content (AvgIpc) is 2.46. The van der Waals surface area contributed by atoms with Crippen molar-refractivity contribution in [3.63, 3.8) is 0 Å².